The van der Waals surface area contributed by atoms with Crippen LogP contribution in [-0.4, -0.2) is 32.7 Å². The van der Waals surface area contributed by atoms with Gasteiger partial charge in [-0.25, -0.2) is 14.5 Å². The Morgan fingerprint density at radius 2 is 2.00 bits per heavy atom. The largest absolute Gasteiger partial charge is 0.357 e. The summed E-state index contributed by atoms with van der Waals surface area (Å²) in [5.41, 5.74) is 1.51. The van der Waals surface area contributed by atoms with Crippen LogP contribution in [0.25, 0.3) is 5.65 Å². The molecular weight excluding hydrogens is 312 g/mol. The molecule has 0 bridgehead atoms. The highest BCUT2D eigenvalue weighted by molar-refractivity contribution is 6.29. The van der Waals surface area contributed by atoms with Gasteiger partial charge in [0.1, 0.15) is 11.6 Å². The quantitative estimate of drug-likeness (QED) is 0.797. The Labute approximate surface area is 139 Å². The molecule has 1 aliphatic heterocycles. The standard InChI is InChI=1S/C16H17ClN6/c17-13-11-12(16-18-7-10-23(16)21-13)19-14-5-4-6-15(20-14)22-8-2-1-3-9-22/h4-7,10-11H,1-3,8-9H2,(H,19,20). The normalized spacial score (nSPS) is 15.1. The molecule has 0 radical (unpaired) electrons. The third-order valence-corrected chi connectivity index (χ3v) is 4.19. The summed E-state index contributed by atoms with van der Waals surface area (Å²) in [4.78, 5) is 11.4. The molecule has 118 valence electrons. The minimum absolute atomic E-state index is 0.408. The third kappa shape index (κ3) is 2.94. The molecule has 1 N–H and O–H groups in total. The lowest BCUT2D eigenvalue weighted by molar-refractivity contribution is 0.573. The summed E-state index contributed by atoms with van der Waals surface area (Å²) in [5.74, 6) is 1.79. The molecule has 0 unspecified atom stereocenters. The van der Waals surface area contributed by atoms with Gasteiger partial charge in [-0.1, -0.05) is 17.7 Å². The van der Waals surface area contributed by atoms with Crippen molar-refractivity contribution in [2.45, 2.75) is 19.3 Å². The van der Waals surface area contributed by atoms with Gasteiger partial charge in [0.05, 0.1) is 5.69 Å². The van der Waals surface area contributed by atoms with Crippen LogP contribution < -0.4 is 10.2 Å². The smallest absolute Gasteiger partial charge is 0.177 e. The molecular formula is C16H17ClN6. The Kier molecular flexibility index (Phi) is 3.75. The molecule has 6 nitrogen and oxygen atoms in total. The average molecular weight is 329 g/mol. The molecule has 1 aliphatic rings. The maximum Gasteiger partial charge on any atom is 0.177 e. The van der Waals surface area contributed by atoms with E-state index in [0.29, 0.717) is 5.15 Å². The summed E-state index contributed by atoms with van der Waals surface area (Å²) in [6.45, 7) is 2.14. The highest BCUT2D eigenvalue weighted by Gasteiger charge is 2.13. The monoisotopic (exact) mass is 328 g/mol. The highest BCUT2D eigenvalue weighted by atomic mass is 35.5. The summed E-state index contributed by atoms with van der Waals surface area (Å²) >= 11 is 6.07. The Morgan fingerprint density at radius 3 is 2.87 bits per heavy atom. The van der Waals surface area contributed by atoms with E-state index in [-0.39, 0.29) is 0 Å². The second-order valence-corrected chi connectivity index (χ2v) is 6.02. The van der Waals surface area contributed by atoms with Crippen molar-refractivity contribution in [2.75, 3.05) is 23.3 Å². The lowest BCUT2D eigenvalue weighted by atomic mass is 10.1. The number of piperidine rings is 1. The molecule has 0 amide bonds. The van der Waals surface area contributed by atoms with Gasteiger partial charge in [-0.15, -0.1) is 0 Å². The Morgan fingerprint density at radius 1 is 1.13 bits per heavy atom. The third-order valence-electron chi connectivity index (χ3n) is 4.01. The Balaban J connectivity index is 1.64. The van der Waals surface area contributed by atoms with E-state index in [0.717, 1.165) is 36.1 Å². The lowest BCUT2D eigenvalue weighted by Crippen LogP contribution is -2.30. The molecule has 0 atom stereocenters. The van der Waals surface area contributed by atoms with Crippen molar-refractivity contribution in [3.05, 3.63) is 41.8 Å². The fourth-order valence-electron chi connectivity index (χ4n) is 2.91. The number of imidazole rings is 1. The van der Waals surface area contributed by atoms with E-state index in [1.807, 2.05) is 12.1 Å². The number of nitrogens with one attached hydrogen (secondary N) is 1. The van der Waals surface area contributed by atoms with Crippen LogP contribution in [0.3, 0.4) is 0 Å². The molecule has 1 fully saturated rings. The van der Waals surface area contributed by atoms with E-state index < -0.39 is 0 Å². The number of pyridine rings is 1. The molecule has 4 heterocycles. The van der Waals surface area contributed by atoms with Crippen molar-refractivity contribution in [1.82, 2.24) is 19.6 Å². The van der Waals surface area contributed by atoms with Crippen molar-refractivity contribution in [1.29, 1.82) is 0 Å². The number of anilines is 3. The van der Waals surface area contributed by atoms with Crippen molar-refractivity contribution in [2.24, 2.45) is 0 Å². The topological polar surface area (TPSA) is 58.3 Å². The summed E-state index contributed by atoms with van der Waals surface area (Å²) < 4.78 is 1.65. The zero-order valence-electron chi connectivity index (χ0n) is 12.6. The molecule has 0 saturated carbocycles. The van der Waals surface area contributed by atoms with E-state index in [1.54, 1.807) is 23.0 Å². The summed E-state index contributed by atoms with van der Waals surface area (Å²) in [6, 6.07) is 7.78. The van der Waals surface area contributed by atoms with Gasteiger partial charge < -0.3 is 10.2 Å². The van der Waals surface area contributed by atoms with E-state index in [4.69, 9.17) is 16.6 Å². The van der Waals surface area contributed by atoms with Crippen LogP contribution >= 0.6 is 11.6 Å². The fourth-order valence-corrected chi connectivity index (χ4v) is 3.10. The predicted molar refractivity (Wildman–Crippen MR) is 91.6 cm³/mol. The number of rotatable bonds is 3. The summed E-state index contributed by atoms with van der Waals surface area (Å²) in [6.07, 6.45) is 7.23. The van der Waals surface area contributed by atoms with Gasteiger partial charge in [0.25, 0.3) is 0 Å². The van der Waals surface area contributed by atoms with Gasteiger partial charge >= 0.3 is 0 Å². The van der Waals surface area contributed by atoms with Crippen molar-refractivity contribution in [3.8, 4) is 0 Å². The second-order valence-electron chi connectivity index (χ2n) is 5.63. The van der Waals surface area contributed by atoms with E-state index >= 15 is 0 Å². The van der Waals surface area contributed by atoms with Crippen LogP contribution in [0.1, 0.15) is 19.3 Å². The fraction of sp³-hybridized carbons (Fsp3) is 0.312. The molecule has 0 aliphatic carbocycles. The number of aromatic nitrogens is 4. The predicted octanol–water partition coefficient (Wildman–Crippen LogP) is 3.51. The molecule has 3 aromatic heterocycles. The Bertz CT molecular complexity index is 824. The van der Waals surface area contributed by atoms with Gasteiger partial charge in [-0.3, -0.25) is 0 Å². The Hall–Kier alpha value is -2.34. The van der Waals surface area contributed by atoms with Crippen LogP contribution in [0.5, 0.6) is 0 Å². The van der Waals surface area contributed by atoms with Crippen LogP contribution in [0.2, 0.25) is 5.15 Å². The van der Waals surface area contributed by atoms with E-state index in [2.05, 4.69) is 26.4 Å². The number of hydrogen-bond donors (Lipinski definition) is 1. The van der Waals surface area contributed by atoms with Gasteiger partial charge in [0.15, 0.2) is 10.8 Å². The molecule has 0 spiro atoms. The van der Waals surface area contributed by atoms with Crippen LogP contribution in [0, 0.1) is 0 Å². The maximum absolute atomic E-state index is 6.07. The average Bonchev–Trinajstić information content (AvgIpc) is 3.04. The maximum atomic E-state index is 6.07. The van der Waals surface area contributed by atoms with Gasteiger partial charge in [-0.2, -0.15) is 5.10 Å². The SMILES string of the molecule is Clc1cc(Nc2cccc(N3CCCCC3)n2)c2nccn2n1. The lowest BCUT2D eigenvalue weighted by Gasteiger charge is -2.28. The molecule has 7 heteroatoms. The number of nitrogens with zero attached hydrogens (tertiary/aromatic N) is 5. The van der Waals surface area contributed by atoms with Crippen molar-refractivity contribution in [3.63, 3.8) is 0 Å². The molecule has 3 aromatic rings. The first-order valence-corrected chi connectivity index (χ1v) is 8.16. The molecule has 1 saturated heterocycles. The van der Waals surface area contributed by atoms with Crippen LogP contribution in [-0.2, 0) is 0 Å². The first-order valence-electron chi connectivity index (χ1n) is 7.78. The number of hydrogen-bond acceptors (Lipinski definition) is 5. The van der Waals surface area contributed by atoms with Gasteiger partial charge in [0.2, 0.25) is 0 Å². The second kappa shape index (κ2) is 6.04. The first-order chi connectivity index (χ1) is 11.3. The van der Waals surface area contributed by atoms with Gasteiger partial charge in [-0.05, 0) is 31.4 Å². The minimum atomic E-state index is 0.408. The van der Waals surface area contributed by atoms with Crippen molar-refractivity contribution < 1.29 is 0 Å². The highest BCUT2D eigenvalue weighted by Crippen LogP contribution is 2.24. The summed E-state index contributed by atoms with van der Waals surface area (Å²) in [5, 5.41) is 7.90. The molecule has 0 aromatic carbocycles. The van der Waals surface area contributed by atoms with Crippen LogP contribution in [0.4, 0.5) is 17.3 Å². The van der Waals surface area contributed by atoms with E-state index in [1.165, 1.54) is 19.3 Å². The number of fused-ring (bicyclic) bond motifs is 1. The van der Waals surface area contributed by atoms with E-state index in [9.17, 15) is 0 Å². The number of halogens is 1. The zero-order chi connectivity index (χ0) is 15.6. The van der Waals surface area contributed by atoms with Crippen LogP contribution in [0.15, 0.2) is 36.7 Å². The summed E-state index contributed by atoms with van der Waals surface area (Å²) in [7, 11) is 0. The molecule has 4 rings (SSSR count). The van der Waals surface area contributed by atoms with Crippen molar-refractivity contribution >= 4 is 34.6 Å². The minimum Gasteiger partial charge on any atom is -0.357 e. The zero-order valence-corrected chi connectivity index (χ0v) is 13.4. The van der Waals surface area contributed by atoms with Gasteiger partial charge in [0, 0.05) is 31.5 Å². The first kappa shape index (κ1) is 14.3. The molecule has 23 heavy (non-hydrogen) atoms.